The highest BCUT2D eigenvalue weighted by Gasteiger charge is 2.17. The van der Waals surface area contributed by atoms with Crippen LogP contribution in [0.1, 0.15) is 38.2 Å². The van der Waals surface area contributed by atoms with Gasteiger partial charge in [-0.15, -0.1) is 0 Å². The predicted molar refractivity (Wildman–Crippen MR) is 81.1 cm³/mol. The van der Waals surface area contributed by atoms with Crippen LogP contribution in [0, 0.1) is 12.8 Å². The third kappa shape index (κ3) is 4.70. The Labute approximate surface area is 121 Å². The molecule has 1 aliphatic carbocycles. The number of ether oxygens (including phenoxy) is 1. The highest BCUT2D eigenvalue weighted by Crippen LogP contribution is 2.25. The summed E-state index contributed by atoms with van der Waals surface area (Å²) in [5.74, 6) is 1.70. The minimum atomic E-state index is 0.674. The van der Waals surface area contributed by atoms with Gasteiger partial charge in [0.1, 0.15) is 12.4 Å². The van der Waals surface area contributed by atoms with Gasteiger partial charge in [-0.3, -0.25) is 0 Å². The fraction of sp³-hybridized carbons (Fsp3) is 0.625. The summed E-state index contributed by atoms with van der Waals surface area (Å²) in [6.07, 6.45) is 5.29. The Bertz CT molecular complexity index is 400. The summed E-state index contributed by atoms with van der Waals surface area (Å²) in [5, 5.41) is 4.27. The molecule has 1 fully saturated rings. The van der Waals surface area contributed by atoms with E-state index in [-0.39, 0.29) is 0 Å². The normalized spacial score (nSPS) is 23.3. The maximum atomic E-state index is 6.09. The Hall–Kier alpha value is -0.730. The average Bonchev–Trinajstić information content (AvgIpc) is 2.40. The van der Waals surface area contributed by atoms with Crippen LogP contribution in [-0.2, 0) is 0 Å². The molecule has 1 saturated carbocycles. The summed E-state index contributed by atoms with van der Waals surface area (Å²) in [4.78, 5) is 0. The minimum absolute atomic E-state index is 0.674. The number of hydrogen-bond acceptors (Lipinski definition) is 2. The lowest BCUT2D eigenvalue weighted by atomic mass is 9.87. The molecule has 0 radical (unpaired) electrons. The van der Waals surface area contributed by atoms with E-state index in [0.717, 1.165) is 18.2 Å². The topological polar surface area (TPSA) is 21.3 Å². The van der Waals surface area contributed by atoms with Gasteiger partial charge in [-0.1, -0.05) is 24.6 Å². The highest BCUT2D eigenvalue weighted by atomic mass is 35.5. The second kappa shape index (κ2) is 7.16. The molecule has 0 heterocycles. The number of benzene rings is 1. The van der Waals surface area contributed by atoms with E-state index in [1.807, 2.05) is 25.1 Å². The van der Waals surface area contributed by atoms with Crippen molar-refractivity contribution >= 4 is 11.6 Å². The first kappa shape index (κ1) is 14.7. The maximum Gasteiger partial charge on any atom is 0.138 e. The van der Waals surface area contributed by atoms with Gasteiger partial charge in [0, 0.05) is 12.6 Å². The van der Waals surface area contributed by atoms with Gasteiger partial charge in [0.15, 0.2) is 0 Å². The molecule has 2 rings (SSSR count). The zero-order valence-corrected chi connectivity index (χ0v) is 12.7. The van der Waals surface area contributed by atoms with E-state index < -0.39 is 0 Å². The van der Waals surface area contributed by atoms with E-state index in [9.17, 15) is 0 Å². The van der Waals surface area contributed by atoms with Crippen LogP contribution in [0.2, 0.25) is 5.02 Å². The lowest BCUT2D eigenvalue weighted by Gasteiger charge is -2.27. The summed E-state index contributed by atoms with van der Waals surface area (Å²) < 4.78 is 5.74. The molecule has 1 aromatic rings. The Kier molecular flexibility index (Phi) is 5.53. The van der Waals surface area contributed by atoms with Gasteiger partial charge in [-0.2, -0.15) is 0 Å². The molecular weight excluding hydrogens is 258 g/mol. The van der Waals surface area contributed by atoms with Crippen LogP contribution < -0.4 is 10.1 Å². The van der Waals surface area contributed by atoms with Crippen molar-refractivity contribution in [3.8, 4) is 5.75 Å². The van der Waals surface area contributed by atoms with Crippen LogP contribution >= 0.6 is 11.6 Å². The summed E-state index contributed by atoms with van der Waals surface area (Å²) in [7, 11) is 0. The first-order valence-corrected chi connectivity index (χ1v) is 7.65. The molecule has 0 saturated heterocycles. The van der Waals surface area contributed by atoms with Gasteiger partial charge in [0.25, 0.3) is 0 Å². The molecule has 0 bridgehead atoms. The van der Waals surface area contributed by atoms with Crippen molar-refractivity contribution in [2.45, 2.75) is 45.6 Å². The Morgan fingerprint density at radius 3 is 2.74 bits per heavy atom. The van der Waals surface area contributed by atoms with Crippen molar-refractivity contribution < 1.29 is 4.74 Å². The van der Waals surface area contributed by atoms with Crippen LogP contribution in [0.4, 0.5) is 0 Å². The zero-order valence-electron chi connectivity index (χ0n) is 11.9. The Balaban J connectivity index is 1.68. The minimum Gasteiger partial charge on any atom is -0.491 e. The molecule has 3 heteroatoms. The standard InChI is InChI=1S/C16H24ClNO/c1-12-3-6-14(7-4-12)18-9-10-19-16-11-13(2)5-8-15(16)17/h5,8,11-12,14,18H,3-4,6-7,9-10H2,1-2H3. The molecule has 106 valence electrons. The third-order valence-corrected chi connectivity index (χ3v) is 4.21. The van der Waals surface area contributed by atoms with Crippen LogP contribution in [0.5, 0.6) is 5.75 Å². The summed E-state index contributed by atoms with van der Waals surface area (Å²) in [6.45, 7) is 5.96. The van der Waals surface area contributed by atoms with Gasteiger partial charge < -0.3 is 10.1 Å². The molecule has 0 aliphatic heterocycles. The smallest absolute Gasteiger partial charge is 0.138 e. The maximum absolute atomic E-state index is 6.09. The van der Waals surface area contributed by atoms with Crippen LogP contribution in [0.3, 0.4) is 0 Å². The molecule has 0 unspecified atom stereocenters. The Morgan fingerprint density at radius 2 is 2.00 bits per heavy atom. The molecule has 2 nitrogen and oxygen atoms in total. The van der Waals surface area contributed by atoms with Crippen molar-refractivity contribution in [2.75, 3.05) is 13.2 Å². The van der Waals surface area contributed by atoms with Gasteiger partial charge >= 0.3 is 0 Å². The first-order chi connectivity index (χ1) is 9.15. The first-order valence-electron chi connectivity index (χ1n) is 7.27. The van der Waals surface area contributed by atoms with Crippen molar-refractivity contribution in [3.05, 3.63) is 28.8 Å². The molecule has 1 aromatic carbocycles. The number of halogens is 1. The average molecular weight is 282 g/mol. The van der Waals surface area contributed by atoms with Crippen molar-refractivity contribution in [2.24, 2.45) is 5.92 Å². The monoisotopic (exact) mass is 281 g/mol. The van der Waals surface area contributed by atoms with Gasteiger partial charge in [-0.05, 0) is 56.2 Å². The van der Waals surface area contributed by atoms with Crippen molar-refractivity contribution in [1.82, 2.24) is 5.32 Å². The summed E-state index contributed by atoms with van der Waals surface area (Å²) in [5.41, 5.74) is 1.17. The fourth-order valence-corrected chi connectivity index (χ4v) is 2.78. The molecule has 19 heavy (non-hydrogen) atoms. The third-order valence-electron chi connectivity index (χ3n) is 3.90. The van der Waals surface area contributed by atoms with Crippen LogP contribution in [0.25, 0.3) is 0 Å². The van der Waals surface area contributed by atoms with E-state index in [1.54, 1.807) is 0 Å². The van der Waals surface area contributed by atoms with Crippen molar-refractivity contribution in [3.63, 3.8) is 0 Å². The van der Waals surface area contributed by atoms with E-state index in [4.69, 9.17) is 16.3 Å². The zero-order chi connectivity index (χ0) is 13.7. The molecular formula is C16H24ClNO. The van der Waals surface area contributed by atoms with Crippen LogP contribution in [-0.4, -0.2) is 19.2 Å². The molecule has 1 aliphatic rings. The van der Waals surface area contributed by atoms with Crippen LogP contribution in [0.15, 0.2) is 18.2 Å². The largest absolute Gasteiger partial charge is 0.491 e. The molecule has 0 amide bonds. The molecule has 0 atom stereocenters. The number of rotatable bonds is 5. The van der Waals surface area contributed by atoms with Gasteiger partial charge in [-0.25, -0.2) is 0 Å². The SMILES string of the molecule is Cc1ccc(Cl)c(OCCNC2CCC(C)CC2)c1. The van der Waals surface area contributed by atoms with Crippen molar-refractivity contribution in [1.29, 1.82) is 0 Å². The summed E-state index contributed by atoms with van der Waals surface area (Å²) >= 11 is 6.09. The number of aryl methyl sites for hydroxylation is 1. The summed E-state index contributed by atoms with van der Waals surface area (Å²) in [6, 6.07) is 6.55. The number of hydrogen-bond donors (Lipinski definition) is 1. The van der Waals surface area contributed by atoms with E-state index in [0.29, 0.717) is 17.7 Å². The predicted octanol–water partition coefficient (Wildman–Crippen LogP) is 4.20. The lowest BCUT2D eigenvalue weighted by Crippen LogP contribution is -2.35. The molecule has 0 spiro atoms. The van der Waals surface area contributed by atoms with E-state index >= 15 is 0 Å². The van der Waals surface area contributed by atoms with Gasteiger partial charge in [0.05, 0.1) is 5.02 Å². The highest BCUT2D eigenvalue weighted by molar-refractivity contribution is 6.32. The van der Waals surface area contributed by atoms with E-state index in [2.05, 4.69) is 12.2 Å². The quantitative estimate of drug-likeness (QED) is 0.817. The second-order valence-electron chi connectivity index (χ2n) is 5.69. The second-order valence-corrected chi connectivity index (χ2v) is 6.10. The Morgan fingerprint density at radius 1 is 1.26 bits per heavy atom. The number of nitrogens with one attached hydrogen (secondary N) is 1. The molecule has 1 N–H and O–H groups in total. The lowest BCUT2D eigenvalue weighted by molar-refractivity contribution is 0.270. The van der Waals surface area contributed by atoms with E-state index in [1.165, 1.54) is 31.2 Å². The fourth-order valence-electron chi connectivity index (χ4n) is 2.61. The molecule has 0 aromatic heterocycles. The van der Waals surface area contributed by atoms with Gasteiger partial charge in [0.2, 0.25) is 0 Å².